The quantitative estimate of drug-likeness (QED) is 0.373. The molecule has 0 fully saturated rings. The number of amides is 1. The van der Waals surface area contributed by atoms with Crippen LogP contribution in [0.25, 0.3) is 22.1 Å². The molecule has 0 radical (unpaired) electrons. The van der Waals surface area contributed by atoms with Crippen LogP contribution in [-0.4, -0.2) is 50.0 Å². The van der Waals surface area contributed by atoms with Crippen molar-refractivity contribution >= 4 is 57.9 Å². The molecule has 0 saturated carbocycles. The van der Waals surface area contributed by atoms with E-state index in [1.54, 1.807) is 0 Å². The Morgan fingerprint density at radius 1 is 0.967 bits per heavy atom. The lowest BCUT2D eigenvalue weighted by Crippen LogP contribution is -2.27. The molecular weight excluding hydrogens is 491 g/mol. The number of aromatic nitrogens is 4. The van der Waals surface area contributed by atoms with Crippen molar-refractivity contribution in [3.8, 4) is 0 Å². The summed E-state index contributed by atoms with van der Waals surface area (Å²) in [6, 6.07) is 15.4. The van der Waals surface area contributed by atoms with Gasteiger partial charge in [-0.2, -0.15) is 0 Å². The monoisotopic (exact) mass is 516 g/mol. The lowest BCUT2D eigenvalue weighted by atomic mass is 10.3. The van der Waals surface area contributed by atoms with E-state index in [9.17, 15) is 4.79 Å². The van der Waals surface area contributed by atoms with Crippen molar-refractivity contribution in [3.05, 3.63) is 60.4 Å². The first kappa shape index (κ1) is 22.1. The van der Waals surface area contributed by atoms with Crippen LogP contribution in [0.3, 0.4) is 0 Å². The Bertz CT molecular complexity index is 1150. The van der Waals surface area contributed by atoms with Crippen molar-refractivity contribution in [1.82, 2.24) is 24.4 Å². The van der Waals surface area contributed by atoms with E-state index < -0.39 is 0 Å². The van der Waals surface area contributed by atoms with Gasteiger partial charge in [-0.15, -0.1) is 24.0 Å². The standard InChI is InChI=1S/C22H24N6O.HI/c1-3-27(4-2)13-14-28-20-12-8-7-11-18(20)25-22(28)26-21(29)19-15-23-16-9-5-6-10-17(16)24-19;/h5-12,15H,3-4,13-14H2,1-2H3,(H,25,26,29);1H. The molecule has 0 bridgehead atoms. The van der Waals surface area contributed by atoms with Crippen molar-refractivity contribution in [2.45, 2.75) is 20.4 Å². The summed E-state index contributed by atoms with van der Waals surface area (Å²) < 4.78 is 2.06. The summed E-state index contributed by atoms with van der Waals surface area (Å²) in [5.41, 5.74) is 3.57. The maximum atomic E-state index is 12.9. The average molecular weight is 516 g/mol. The highest BCUT2D eigenvalue weighted by Gasteiger charge is 2.16. The summed E-state index contributed by atoms with van der Waals surface area (Å²) in [6.07, 6.45) is 1.50. The van der Waals surface area contributed by atoms with Crippen molar-refractivity contribution < 1.29 is 4.79 Å². The number of hydrogen-bond donors (Lipinski definition) is 1. The molecule has 4 aromatic rings. The number of halogens is 1. The number of likely N-dealkylation sites (N-methyl/N-ethyl adjacent to an activating group) is 1. The Labute approximate surface area is 192 Å². The second-order valence-corrected chi connectivity index (χ2v) is 6.80. The number of hydrogen-bond acceptors (Lipinski definition) is 5. The second-order valence-electron chi connectivity index (χ2n) is 6.80. The van der Waals surface area contributed by atoms with Crippen molar-refractivity contribution in [2.24, 2.45) is 0 Å². The van der Waals surface area contributed by atoms with Gasteiger partial charge in [-0.1, -0.05) is 38.1 Å². The van der Waals surface area contributed by atoms with Crippen LogP contribution in [0, 0.1) is 0 Å². The molecule has 7 nitrogen and oxygen atoms in total. The highest BCUT2D eigenvalue weighted by Crippen LogP contribution is 2.20. The van der Waals surface area contributed by atoms with Crippen LogP contribution in [0.4, 0.5) is 5.95 Å². The number of imidazole rings is 1. The summed E-state index contributed by atoms with van der Waals surface area (Å²) in [5.74, 6) is 0.209. The number of carbonyl (C=O) groups excluding carboxylic acids is 1. The molecule has 2 aromatic carbocycles. The molecule has 1 N–H and O–H groups in total. The van der Waals surface area contributed by atoms with E-state index in [0.717, 1.165) is 42.7 Å². The molecule has 0 saturated heterocycles. The number of nitrogens with one attached hydrogen (secondary N) is 1. The van der Waals surface area contributed by atoms with Gasteiger partial charge in [0.05, 0.1) is 28.3 Å². The van der Waals surface area contributed by atoms with E-state index in [0.29, 0.717) is 11.5 Å². The van der Waals surface area contributed by atoms with Crippen LogP contribution in [0.2, 0.25) is 0 Å². The van der Waals surface area contributed by atoms with Gasteiger partial charge in [-0.3, -0.25) is 15.1 Å². The first-order valence-electron chi connectivity index (χ1n) is 9.90. The fraction of sp³-hybridized carbons (Fsp3) is 0.273. The van der Waals surface area contributed by atoms with E-state index in [1.165, 1.54) is 6.20 Å². The van der Waals surface area contributed by atoms with Gasteiger partial charge < -0.3 is 9.47 Å². The van der Waals surface area contributed by atoms with Gasteiger partial charge in [-0.05, 0) is 37.4 Å². The molecule has 8 heteroatoms. The molecule has 0 atom stereocenters. The maximum Gasteiger partial charge on any atom is 0.278 e. The maximum absolute atomic E-state index is 12.9. The minimum atomic E-state index is -0.317. The van der Waals surface area contributed by atoms with Gasteiger partial charge in [0.25, 0.3) is 5.91 Å². The third-order valence-corrected chi connectivity index (χ3v) is 5.10. The average Bonchev–Trinajstić information content (AvgIpc) is 3.11. The van der Waals surface area contributed by atoms with Crippen molar-refractivity contribution in [3.63, 3.8) is 0 Å². The van der Waals surface area contributed by atoms with Gasteiger partial charge in [0.2, 0.25) is 5.95 Å². The molecule has 0 aliphatic carbocycles. The normalized spacial score (nSPS) is 11.0. The SMILES string of the molecule is CCN(CC)CCn1c(NC(=O)c2cnc3ccccc3n2)nc2ccccc21.I. The number of carbonyl (C=O) groups is 1. The Kier molecular flexibility index (Phi) is 7.33. The molecule has 0 aliphatic rings. The number of fused-ring (bicyclic) bond motifs is 2. The van der Waals surface area contributed by atoms with Gasteiger partial charge in [-0.25, -0.2) is 9.97 Å². The molecule has 0 spiro atoms. The van der Waals surface area contributed by atoms with Crippen LogP contribution >= 0.6 is 24.0 Å². The lowest BCUT2D eigenvalue weighted by molar-refractivity contribution is 0.102. The molecule has 0 aliphatic heterocycles. The molecule has 30 heavy (non-hydrogen) atoms. The zero-order valence-electron chi connectivity index (χ0n) is 17.1. The van der Waals surface area contributed by atoms with E-state index in [4.69, 9.17) is 0 Å². The Morgan fingerprint density at radius 2 is 1.63 bits per heavy atom. The number of rotatable bonds is 7. The molecule has 1 amide bonds. The summed E-state index contributed by atoms with van der Waals surface area (Å²) in [5, 5.41) is 2.93. The van der Waals surface area contributed by atoms with Crippen LogP contribution in [0.15, 0.2) is 54.7 Å². The summed E-state index contributed by atoms with van der Waals surface area (Å²) >= 11 is 0. The largest absolute Gasteiger partial charge is 0.309 e. The number of anilines is 1. The van der Waals surface area contributed by atoms with E-state index in [2.05, 4.69) is 43.6 Å². The molecule has 156 valence electrons. The molecular formula is C22H25IN6O. The molecule has 2 aromatic heterocycles. The zero-order valence-corrected chi connectivity index (χ0v) is 19.4. The highest BCUT2D eigenvalue weighted by molar-refractivity contribution is 14.0. The minimum absolute atomic E-state index is 0. The van der Waals surface area contributed by atoms with Gasteiger partial charge in [0.1, 0.15) is 5.69 Å². The van der Waals surface area contributed by atoms with Crippen LogP contribution in [0.5, 0.6) is 0 Å². The van der Waals surface area contributed by atoms with E-state index >= 15 is 0 Å². The van der Waals surface area contributed by atoms with Crippen LogP contribution in [-0.2, 0) is 6.54 Å². The third-order valence-electron chi connectivity index (χ3n) is 5.10. The van der Waals surface area contributed by atoms with Crippen LogP contribution in [0.1, 0.15) is 24.3 Å². The fourth-order valence-corrected chi connectivity index (χ4v) is 3.41. The molecule has 4 rings (SSSR count). The van der Waals surface area contributed by atoms with Gasteiger partial charge in [0.15, 0.2) is 0 Å². The zero-order chi connectivity index (χ0) is 20.2. The minimum Gasteiger partial charge on any atom is -0.309 e. The Hall–Kier alpha value is -2.59. The summed E-state index contributed by atoms with van der Waals surface area (Å²) in [7, 11) is 0. The predicted molar refractivity (Wildman–Crippen MR) is 130 cm³/mol. The number of benzene rings is 2. The fourth-order valence-electron chi connectivity index (χ4n) is 3.41. The lowest BCUT2D eigenvalue weighted by Gasteiger charge is -2.19. The van der Waals surface area contributed by atoms with Crippen molar-refractivity contribution in [1.29, 1.82) is 0 Å². The first-order chi connectivity index (χ1) is 14.2. The Balaban J connectivity index is 0.00000256. The number of para-hydroxylation sites is 4. The second kappa shape index (κ2) is 9.94. The predicted octanol–water partition coefficient (Wildman–Crippen LogP) is 4.19. The number of nitrogens with zero attached hydrogens (tertiary/aromatic N) is 5. The molecule has 2 heterocycles. The van der Waals surface area contributed by atoms with Gasteiger partial charge >= 0.3 is 0 Å². The third kappa shape index (κ3) is 4.59. The van der Waals surface area contributed by atoms with Crippen LogP contribution < -0.4 is 5.32 Å². The van der Waals surface area contributed by atoms with Crippen molar-refractivity contribution in [2.75, 3.05) is 25.0 Å². The van der Waals surface area contributed by atoms with E-state index in [1.807, 2.05) is 48.5 Å². The summed E-state index contributed by atoms with van der Waals surface area (Å²) in [4.78, 5) is 28.6. The van der Waals surface area contributed by atoms with Gasteiger partial charge in [0, 0.05) is 13.1 Å². The molecule has 0 unspecified atom stereocenters. The highest BCUT2D eigenvalue weighted by atomic mass is 127. The first-order valence-corrected chi connectivity index (χ1v) is 9.90. The smallest absolute Gasteiger partial charge is 0.278 e. The summed E-state index contributed by atoms with van der Waals surface area (Å²) in [6.45, 7) is 7.88. The topological polar surface area (TPSA) is 75.9 Å². The Morgan fingerprint density at radius 3 is 2.37 bits per heavy atom. The van der Waals surface area contributed by atoms with E-state index in [-0.39, 0.29) is 35.6 Å².